The van der Waals surface area contributed by atoms with Crippen molar-refractivity contribution in [2.24, 2.45) is 11.1 Å². The van der Waals surface area contributed by atoms with Gasteiger partial charge in [-0.25, -0.2) is 0 Å². The van der Waals surface area contributed by atoms with Crippen LogP contribution in [-0.2, 0) is 0 Å². The highest BCUT2D eigenvalue weighted by molar-refractivity contribution is 5.01. The number of nitrogens with zero attached hydrogens (tertiary/aromatic N) is 2. The number of hydrogen-bond donors (Lipinski definition) is 1. The molecule has 3 nitrogen and oxygen atoms in total. The van der Waals surface area contributed by atoms with Crippen LogP contribution in [-0.4, -0.2) is 55.1 Å². The van der Waals surface area contributed by atoms with Crippen LogP contribution in [0.1, 0.15) is 33.1 Å². The Bertz CT molecular complexity index is 252. The number of hydrogen-bond acceptors (Lipinski definition) is 3. The van der Waals surface area contributed by atoms with E-state index in [1.165, 1.54) is 38.9 Å². The Morgan fingerprint density at radius 1 is 1.12 bits per heavy atom. The lowest BCUT2D eigenvalue weighted by Crippen LogP contribution is -2.61. The Balaban J connectivity index is 2.09. The maximum Gasteiger partial charge on any atom is 0.0458 e. The molecule has 16 heavy (non-hydrogen) atoms. The van der Waals surface area contributed by atoms with E-state index in [-0.39, 0.29) is 5.54 Å². The second kappa shape index (κ2) is 4.28. The molecule has 0 saturated carbocycles. The Labute approximate surface area is 100.0 Å². The molecule has 0 spiro atoms. The summed E-state index contributed by atoms with van der Waals surface area (Å²) in [6.45, 7) is 10.4. The second-order valence-electron chi connectivity index (χ2n) is 6.61. The number of nitrogens with two attached hydrogens (primary N) is 1. The van der Waals surface area contributed by atoms with E-state index in [9.17, 15) is 0 Å². The first-order chi connectivity index (χ1) is 7.47. The van der Waals surface area contributed by atoms with E-state index in [1.54, 1.807) is 0 Å². The molecule has 0 aliphatic carbocycles. The molecule has 0 aromatic heterocycles. The molecule has 2 aliphatic heterocycles. The molecule has 2 fully saturated rings. The largest absolute Gasteiger partial charge is 0.329 e. The van der Waals surface area contributed by atoms with E-state index in [1.807, 2.05) is 0 Å². The first-order valence-electron chi connectivity index (χ1n) is 6.61. The van der Waals surface area contributed by atoms with E-state index in [4.69, 9.17) is 5.73 Å². The van der Waals surface area contributed by atoms with Crippen LogP contribution < -0.4 is 5.73 Å². The zero-order valence-corrected chi connectivity index (χ0v) is 11.1. The molecular weight excluding hydrogens is 198 g/mol. The minimum atomic E-state index is 0.265. The van der Waals surface area contributed by atoms with Gasteiger partial charge in [0, 0.05) is 25.2 Å². The van der Waals surface area contributed by atoms with Crippen LogP contribution in [0.25, 0.3) is 0 Å². The number of likely N-dealkylation sites (N-methyl/N-ethyl adjacent to an activating group) is 1. The Hall–Kier alpha value is -0.120. The lowest BCUT2D eigenvalue weighted by Gasteiger charge is -2.47. The minimum absolute atomic E-state index is 0.265. The van der Waals surface area contributed by atoms with Gasteiger partial charge in [0.15, 0.2) is 0 Å². The molecule has 94 valence electrons. The van der Waals surface area contributed by atoms with Crippen molar-refractivity contribution in [3.8, 4) is 0 Å². The van der Waals surface area contributed by atoms with Gasteiger partial charge in [0.25, 0.3) is 0 Å². The maximum atomic E-state index is 6.10. The van der Waals surface area contributed by atoms with E-state index < -0.39 is 0 Å². The lowest BCUT2D eigenvalue weighted by molar-refractivity contribution is 0.0368. The average molecular weight is 225 g/mol. The summed E-state index contributed by atoms with van der Waals surface area (Å²) in [7, 11) is 2.23. The first-order valence-corrected chi connectivity index (χ1v) is 6.61. The third-order valence-electron chi connectivity index (χ3n) is 4.47. The zero-order chi connectivity index (χ0) is 11.8. The summed E-state index contributed by atoms with van der Waals surface area (Å²) in [6, 6.07) is 0. The van der Waals surface area contributed by atoms with E-state index in [2.05, 4.69) is 30.7 Å². The fourth-order valence-corrected chi connectivity index (χ4v) is 3.41. The van der Waals surface area contributed by atoms with Crippen molar-refractivity contribution in [3.05, 3.63) is 0 Å². The molecular formula is C13H27N3. The molecule has 2 aliphatic rings. The molecule has 1 unspecified atom stereocenters. The van der Waals surface area contributed by atoms with Crippen molar-refractivity contribution in [2.75, 3.05) is 39.8 Å². The van der Waals surface area contributed by atoms with Gasteiger partial charge in [0.05, 0.1) is 0 Å². The van der Waals surface area contributed by atoms with Crippen LogP contribution in [0.2, 0.25) is 0 Å². The van der Waals surface area contributed by atoms with Gasteiger partial charge >= 0.3 is 0 Å². The third-order valence-corrected chi connectivity index (χ3v) is 4.47. The SMILES string of the molecule is CN1CCCC(CN)(N2CCC(C)(C)C2)C1. The summed E-state index contributed by atoms with van der Waals surface area (Å²) in [5.74, 6) is 0. The molecule has 0 aromatic carbocycles. The predicted molar refractivity (Wildman–Crippen MR) is 68.5 cm³/mol. The normalized spacial score (nSPS) is 36.8. The van der Waals surface area contributed by atoms with Gasteiger partial charge in [-0.3, -0.25) is 4.90 Å². The molecule has 0 amide bonds. The molecule has 3 heteroatoms. The minimum Gasteiger partial charge on any atom is -0.329 e. The fraction of sp³-hybridized carbons (Fsp3) is 1.00. The fourth-order valence-electron chi connectivity index (χ4n) is 3.41. The quantitative estimate of drug-likeness (QED) is 0.765. The van der Waals surface area contributed by atoms with Crippen LogP contribution in [0.4, 0.5) is 0 Å². The monoisotopic (exact) mass is 225 g/mol. The molecule has 1 atom stereocenters. The Kier molecular flexibility index (Phi) is 3.30. The van der Waals surface area contributed by atoms with E-state index >= 15 is 0 Å². The third kappa shape index (κ3) is 2.27. The summed E-state index contributed by atoms with van der Waals surface area (Å²) in [5.41, 5.74) is 6.85. The molecule has 0 radical (unpaired) electrons. The highest BCUT2D eigenvalue weighted by Crippen LogP contribution is 2.36. The molecule has 2 saturated heterocycles. The van der Waals surface area contributed by atoms with Gasteiger partial charge in [-0.15, -0.1) is 0 Å². The van der Waals surface area contributed by atoms with E-state index in [0.717, 1.165) is 13.1 Å². The van der Waals surface area contributed by atoms with Crippen LogP contribution in [0.3, 0.4) is 0 Å². The summed E-state index contributed by atoms with van der Waals surface area (Å²) in [6.07, 6.45) is 3.90. The summed E-state index contributed by atoms with van der Waals surface area (Å²) in [4.78, 5) is 5.12. The number of likely N-dealkylation sites (tertiary alicyclic amines) is 2. The average Bonchev–Trinajstić information content (AvgIpc) is 2.59. The smallest absolute Gasteiger partial charge is 0.0458 e. The van der Waals surface area contributed by atoms with Gasteiger partial charge in [-0.05, 0) is 44.8 Å². The van der Waals surface area contributed by atoms with Crippen molar-refractivity contribution in [3.63, 3.8) is 0 Å². The predicted octanol–water partition coefficient (Wildman–Crippen LogP) is 1.14. The number of rotatable bonds is 2. The van der Waals surface area contributed by atoms with Gasteiger partial charge in [-0.1, -0.05) is 13.8 Å². The summed E-state index contributed by atoms with van der Waals surface area (Å²) < 4.78 is 0. The van der Waals surface area contributed by atoms with Gasteiger partial charge < -0.3 is 10.6 Å². The van der Waals surface area contributed by atoms with Crippen molar-refractivity contribution in [2.45, 2.75) is 38.6 Å². The van der Waals surface area contributed by atoms with Crippen molar-refractivity contribution in [1.29, 1.82) is 0 Å². The van der Waals surface area contributed by atoms with Crippen LogP contribution in [0.5, 0.6) is 0 Å². The van der Waals surface area contributed by atoms with Gasteiger partial charge in [-0.2, -0.15) is 0 Å². The summed E-state index contributed by atoms with van der Waals surface area (Å²) in [5, 5.41) is 0. The van der Waals surface area contributed by atoms with Crippen molar-refractivity contribution in [1.82, 2.24) is 9.80 Å². The molecule has 2 rings (SSSR count). The number of piperidine rings is 1. The zero-order valence-electron chi connectivity index (χ0n) is 11.1. The van der Waals surface area contributed by atoms with Gasteiger partial charge in [0.1, 0.15) is 0 Å². The summed E-state index contributed by atoms with van der Waals surface area (Å²) >= 11 is 0. The van der Waals surface area contributed by atoms with Crippen LogP contribution in [0, 0.1) is 5.41 Å². The van der Waals surface area contributed by atoms with Crippen LogP contribution in [0.15, 0.2) is 0 Å². The molecule has 2 N–H and O–H groups in total. The Morgan fingerprint density at radius 3 is 2.38 bits per heavy atom. The van der Waals surface area contributed by atoms with Gasteiger partial charge in [0.2, 0.25) is 0 Å². The van der Waals surface area contributed by atoms with E-state index in [0.29, 0.717) is 5.41 Å². The second-order valence-corrected chi connectivity index (χ2v) is 6.61. The maximum absolute atomic E-state index is 6.10. The van der Waals surface area contributed by atoms with Crippen molar-refractivity contribution < 1.29 is 0 Å². The first kappa shape index (κ1) is 12.3. The Morgan fingerprint density at radius 2 is 1.88 bits per heavy atom. The lowest BCUT2D eigenvalue weighted by atomic mass is 9.87. The highest BCUT2D eigenvalue weighted by Gasteiger charge is 2.43. The highest BCUT2D eigenvalue weighted by atomic mass is 15.3. The molecule has 0 bridgehead atoms. The van der Waals surface area contributed by atoms with Crippen molar-refractivity contribution >= 4 is 0 Å². The molecule has 0 aromatic rings. The topological polar surface area (TPSA) is 32.5 Å². The molecule has 2 heterocycles. The van der Waals surface area contributed by atoms with Crippen LogP contribution >= 0.6 is 0 Å². The standard InChI is InChI=1S/C13H27N3/c1-12(2)6-8-16(10-12)13(9-14)5-4-7-15(3)11-13/h4-11,14H2,1-3H3.